The van der Waals surface area contributed by atoms with E-state index >= 15 is 0 Å². The van der Waals surface area contributed by atoms with Crippen molar-refractivity contribution in [1.29, 1.82) is 0 Å². The standard InChI is InChI=1S/C15H21NO4/c1-3-19-15(18)10-14(20-11(2)17)13(16)9-12-7-5-4-6-8-12/h4-8,13-14H,3,9-10,16H2,1-2H3/t13-,14-/m1/s1. The predicted octanol–water partition coefficient (Wildman–Crippen LogP) is 1.44. The normalized spacial score (nSPS) is 13.3. The van der Waals surface area contributed by atoms with Crippen LogP contribution in [-0.2, 0) is 25.5 Å². The quantitative estimate of drug-likeness (QED) is 0.764. The summed E-state index contributed by atoms with van der Waals surface area (Å²) in [5.74, 6) is -0.870. The number of benzene rings is 1. The van der Waals surface area contributed by atoms with Crippen molar-refractivity contribution in [2.24, 2.45) is 5.73 Å². The third-order valence-electron chi connectivity index (χ3n) is 2.78. The Kier molecular flexibility index (Phi) is 6.73. The van der Waals surface area contributed by atoms with Crippen LogP contribution < -0.4 is 5.73 Å². The summed E-state index contributed by atoms with van der Waals surface area (Å²) in [6.07, 6.45) is -0.175. The van der Waals surface area contributed by atoms with E-state index in [1.54, 1.807) is 6.92 Å². The Morgan fingerprint density at radius 1 is 1.25 bits per heavy atom. The van der Waals surface area contributed by atoms with E-state index in [9.17, 15) is 9.59 Å². The SMILES string of the molecule is CCOC(=O)C[C@@H](OC(C)=O)[C@H](N)Cc1ccccc1. The van der Waals surface area contributed by atoms with E-state index in [1.807, 2.05) is 30.3 Å². The second-order valence-electron chi connectivity index (χ2n) is 4.51. The molecule has 0 aliphatic carbocycles. The Morgan fingerprint density at radius 2 is 1.90 bits per heavy atom. The zero-order valence-electron chi connectivity index (χ0n) is 11.9. The van der Waals surface area contributed by atoms with Gasteiger partial charge in [-0.25, -0.2) is 0 Å². The smallest absolute Gasteiger partial charge is 0.309 e. The fourth-order valence-corrected chi connectivity index (χ4v) is 1.90. The minimum atomic E-state index is -0.674. The minimum Gasteiger partial charge on any atom is -0.466 e. The van der Waals surface area contributed by atoms with Crippen LogP contribution in [0.5, 0.6) is 0 Å². The van der Waals surface area contributed by atoms with Crippen LogP contribution in [0.15, 0.2) is 30.3 Å². The number of carbonyl (C=O) groups excluding carboxylic acids is 2. The van der Waals surface area contributed by atoms with Crippen LogP contribution in [0, 0.1) is 0 Å². The van der Waals surface area contributed by atoms with Crippen molar-refractivity contribution in [1.82, 2.24) is 0 Å². The van der Waals surface area contributed by atoms with E-state index in [2.05, 4.69) is 0 Å². The second kappa shape index (κ2) is 8.32. The van der Waals surface area contributed by atoms with Gasteiger partial charge in [0.1, 0.15) is 6.10 Å². The van der Waals surface area contributed by atoms with Crippen molar-refractivity contribution >= 4 is 11.9 Å². The third kappa shape index (κ3) is 5.84. The average molecular weight is 279 g/mol. The summed E-state index contributed by atoms with van der Waals surface area (Å²) in [7, 11) is 0. The maximum absolute atomic E-state index is 11.5. The van der Waals surface area contributed by atoms with Gasteiger partial charge in [0.2, 0.25) is 0 Å². The molecular weight excluding hydrogens is 258 g/mol. The first-order valence-electron chi connectivity index (χ1n) is 6.65. The maximum atomic E-state index is 11.5. The number of hydrogen-bond acceptors (Lipinski definition) is 5. The molecule has 5 nitrogen and oxygen atoms in total. The predicted molar refractivity (Wildman–Crippen MR) is 74.9 cm³/mol. The molecule has 0 bridgehead atoms. The first kappa shape index (κ1) is 16.2. The maximum Gasteiger partial charge on any atom is 0.309 e. The Morgan fingerprint density at radius 3 is 2.45 bits per heavy atom. The minimum absolute atomic E-state index is 0.0264. The molecule has 0 heterocycles. The van der Waals surface area contributed by atoms with Crippen molar-refractivity contribution in [3.8, 4) is 0 Å². The van der Waals surface area contributed by atoms with Crippen LogP contribution in [-0.4, -0.2) is 30.7 Å². The Balaban J connectivity index is 2.66. The van der Waals surface area contributed by atoms with E-state index in [1.165, 1.54) is 6.92 Å². The summed E-state index contributed by atoms with van der Waals surface area (Å²) >= 11 is 0. The molecule has 0 spiro atoms. The fourth-order valence-electron chi connectivity index (χ4n) is 1.90. The molecule has 2 atom stereocenters. The lowest BCUT2D eigenvalue weighted by Gasteiger charge is -2.23. The van der Waals surface area contributed by atoms with E-state index in [0.717, 1.165) is 5.56 Å². The molecule has 0 radical (unpaired) electrons. The largest absolute Gasteiger partial charge is 0.466 e. The number of ether oxygens (including phenoxy) is 2. The molecule has 0 fully saturated rings. The van der Waals surface area contributed by atoms with Gasteiger partial charge >= 0.3 is 11.9 Å². The van der Waals surface area contributed by atoms with E-state index < -0.39 is 24.1 Å². The summed E-state index contributed by atoms with van der Waals surface area (Å²) in [4.78, 5) is 22.6. The molecule has 0 aliphatic rings. The van der Waals surface area contributed by atoms with Crippen LogP contribution in [0.2, 0.25) is 0 Å². The Hall–Kier alpha value is -1.88. The molecule has 2 N–H and O–H groups in total. The highest BCUT2D eigenvalue weighted by Crippen LogP contribution is 2.11. The highest BCUT2D eigenvalue weighted by molar-refractivity contribution is 5.71. The van der Waals surface area contributed by atoms with E-state index in [-0.39, 0.29) is 6.42 Å². The van der Waals surface area contributed by atoms with Crippen molar-refractivity contribution in [2.75, 3.05) is 6.61 Å². The molecule has 0 saturated carbocycles. The average Bonchev–Trinajstić information content (AvgIpc) is 2.39. The second-order valence-corrected chi connectivity index (χ2v) is 4.51. The van der Waals surface area contributed by atoms with E-state index in [4.69, 9.17) is 15.2 Å². The fraction of sp³-hybridized carbons (Fsp3) is 0.467. The number of carbonyl (C=O) groups is 2. The van der Waals surface area contributed by atoms with Gasteiger partial charge < -0.3 is 15.2 Å². The van der Waals surface area contributed by atoms with Crippen molar-refractivity contribution in [3.63, 3.8) is 0 Å². The zero-order valence-corrected chi connectivity index (χ0v) is 11.9. The molecule has 0 saturated heterocycles. The molecule has 1 aromatic rings. The topological polar surface area (TPSA) is 78.6 Å². The number of esters is 2. The Labute approximate surface area is 119 Å². The number of hydrogen-bond donors (Lipinski definition) is 1. The summed E-state index contributed by atoms with van der Waals surface area (Å²) < 4.78 is 10.0. The van der Waals surface area contributed by atoms with Gasteiger partial charge in [0.25, 0.3) is 0 Å². The first-order valence-corrected chi connectivity index (χ1v) is 6.65. The van der Waals surface area contributed by atoms with E-state index in [0.29, 0.717) is 13.0 Å². The molecule has 0 amide bonds. The lowest BCUT2D eigenvalue weighted by atomic mass is 10.00. The van der Waals surface area contributed by atoms with Gasteiger partial charge in [-0.3, -0.25) is 9.59 Å². The molecule has 5 heteroatoms. The van der Waals surface area contributed by atoms with Crippen molar-refractivity contribution in [2.45, 2.75) is 38.8 Å². The van der Waals surface area contributed by atoms with Gasteiger partial charge in [-0.1, -0.05) is 30.3 Å². The molecule has 1 rings (SSSR count). The van der Waals surface area contributed by atoms with Crippen LogP contribution in [0.3, 0.4) is 0 Å². The van der Waals surface area contributed by atoms with Gasteiger partial charge in [-0.2, -0.15) is 0 Å². The molecule has 110 valence electrons. The van der Waals surface area contributed by atoms with Crippen LogP contribution in [0.1, 0.15) is 25.8 Å². The number of nitrogens with two attached hydrogens (primary N) is 1. The zero-order chi connectivity index (χ0) is 15.0. The molecule has 0 aromatic heterocycles. The van der Waals surface area contributed by atoms with Crippen LogP contribution >= 0.6 is 0 Å². The third-order valence-corrected chi connectivity index (χ3v) is 2.78. The van der Waals surface area contributed by atoms with Crippen molar-refractivity contribution in [3.05, 3.63) is 35.9 Å². The molecule has 20 heavy (non-hydrogen) atoms. The molecule has 0 unspecified atom stereocenters. The Bertz CT molecular complexity index is 433. The first-order chi connectivity index (χ1) is 9.52. The molecule has 1 aromatic carbocycles. The van der Waals surface area contributed by atoms with Crippen LogP contribution in [0.25, 0.3) is 0 Å². The van der Waals surface area contributed by atoms with Gasteiger partial charge in [0.05, 0.1) is 13.0 Å². The van der Waals surface area contributed by atoms with Crippen LogP contribution in [0.4, 0.5) is 0 Å². The van der Waals surface area contributed by atoms with Crippen molar-refractivity contribution < 1.29 is 19.1 Å². The lowest BCUT2D eigenvalue weighted by molar-refractivity contribution is -0.154. The van der Waals surface area contributed by atoms with Gasteiger partial charge in [0, 0.05) is 13.0 Å². The lowest BCUT2D eigenvalue weighted by Crippen LogP contribution is -2.41. The van der Waals surface area contributed by atoms with Gasteiger partial charge in [-0.15, -0.1) is 0 Å². The number of rotatable bonds is 7. The van der Waals surface area contributed by atoms with Gasteiger partial charge in [-0.05, 0) is 18.9 Å². The summed E-state index contributed by atoms with van der Waals surface area (Å²) in [6, 6.07) is 9.16. The summed E-state index contributed by atoms with van der Waals surface area (Å²) in [5.41, 5.74) is 7.09. The summed E-state index contributed by atoms with van der Waals surface area (Å²) in [5, 5.41) is 0. The molecule has 0 aliphatic heterocycles. The highest BCUT2D eigenvalue weighted by atomic mass is 16.6. The highest BCUT2D eigenvalue weighted by Gasteiger charge is 2.25. The van der Waals surface area contributed by atoms with Gasteiger partial charge in [0.15, 0.2) is 0 Å². The summed E-state index contributed by atoms with van der Waals surface area (Å²) in [6.45, 7) is 3.32. The monoisotopic (exact) mass is 279 g/mol. The molecular formula is C15H21NO4.